The van der Waals surface area contributed by atoms with Gasteiger partial charge >= 0.3 is 0 Å². The number of benzene rings is 1. The molecule has 0 spiro atoms. The Morgan fingerprint density at radius 3 is 2.48 bits per heavy atom. The fourth-order valence-corrected chi connectivity index (χ4v) is 3.29. The zero-order valence-corrected chi connectivity index (χ0v) is 14.5. The maximum absolute atomic E-state index is 12.7. The van der Waals surface area contributed by atoms with E-state index in [1.54, 1.807) is 38.2 Å². The molecular weight excluding hydrogens is 338 g/mol. The number of nitro groups is 1. The van der Waals surface area contributed by atoms with Crippen LogP contribution in [-0.2, 0) is 6.54 Å². The summed E-state index contributed by atoms with van der Waals surface area (Å²) in [7, 11) is 5.24. The fraction of sp³-hybridized carbons (Fsp3) is 0.267. The van der Waals surface area contributed by atoms with Gasteiger partial charge in [-0.2, -0.15) is 0 Å². The van der Waals surface area contributed by atoms with Crippen molar-refractivity contribution in [3.63, 3.8) is 0 Å². The molecule has 1 aromatic carbocycles. The smallest absolute Gasteiger partial charge is 0.270 e. The molecule has 6 nitrogen and oxygen atoms in total. The first-order valence-electron chi connectivity index (χ1n) is 6.75. The zero-order chi connectivity index (χ0) is 17.1. The standard InChI is InChI=1S/C15H16ClN3O3S/c1-17(2)13-6-4-10(19(21)22)8-12(13)15(20)18(3)9-11-5-7-14(16)23-11/h4-8H,9H2,1-3H3. The van der Waals surface area contributed by atoms with Crippen LogP contribution in [0.15, 0.2) is 30.3 Å². The third kappa shape index (κ3) is 4.00. The molecule has 1 aromatic heterocycles. The van der Waals surface area contributed by atoms with Crippen LogP contribution in [0.1, 0.15) is 15.2 Å². The molecule has 0 radical (unpaired) electrons. The quantitative estimate of drug-likeness (QED) is 0.608. The molecule has 0 aliphatic rings. The molecule has 0 bridgehead atoms. The van der Waals surface area contributed by atoms with E-state index in [1.165, 1.54) is 28.4 Å². The topological polar surface area (TPSA) is 66.7 Å². The Morgan fingerprint density at radius 1 is 1.26 bits per heavy atom. The Morgan fingerprint density at radius 2 is 1.96 bits per heavy atom. The van der Waals surface area contributed by atoms with E-state index in [4.69, 9.17) is 11.6 Å². The van der Waals surface area contributed by atoms with E-state index < -0.39 is 4.92 Å². The van der Waals surface area contributed by atoms with Crippen LogP contribution in [0.5, 0.6) is 0 Å². The summed E-state index contributed by atoms with van der Waals surface area (Å²) in [6.07, 6.45) is 0. The van der Waals surface area contributed by atoms with E-state index in [2.05, 4.69) is 0 Å². The van der Waals surface area contributed by atoms with Crippen molar-refractivity contribution in [1.29, 1.82) is 0 Å². The minimum absolute atomic E-state index is 0.105. The highest BCUT2D eigenvalue weighted by Crippen LogP contribution is 2.27. The predicted molar refractivity (Wildman–Crippen MR) is 92.5 cm³/mol. The summed E-state index contributed by atoms with van der Waals surface area (Å²) in [6, 6.07) is 7.93. The zero-order valence-electron chi connectivity index (χ0n) is 12.9. The molecule has 0 atom stereocenters. The van der Waals surface area contributed by atoms with Crippen molar-refractivity contribution in [2.24, 2.45) is 0 Å². The van der Waals surface area contributed by atoms with Crippen LogP contribution < -0.4 is 4.90 Å². The van der Waals surface area contributed by atoms with Gasteiger partial charge in [-0.25, -0.2) is 0 Å². The molecule has 1 heterocycles. The lowest BCUT2D eigenvalue weighted by Crippen LogP contribution is -2.27. The van der Waals surface area contributed by atoms with Crippen LogP contribution in [0.25, 0.3) is 0 Å². The first-order chi connectivity index (χ1) is 10.8. The molecular formula is C15H16ClN3O3S. The van der Waals surface area contributed by atoms with E-state index in [1.807, 2.05) is 6.07 Å². The van der Waals surface area contributed by atoms with Crippen LogP contribution in [0.4, 0.5) is 11.4 Å². The second-order valence-electron chi connectivity index (χ2n) is 5.22. The first-order valence-corrected chi connectivity index (χ1v) is 7.94. The molecule has 2 aromatic rings. The number of thiophene rings is 1. The van der Waals surface area contributed by atoms with Gasteiger partial charge in [-0.05, 0) is 18.2 Å². The van der Waals surface area contributed by atoms with Gasteiger partial charge in [-0.1, -0.05) is 11.6 Å². The molecule has 2 rings (SSSR count). The number of amides is 1. The lowest BCUT2D eigenvalue weighted by atomic mass is 10.1. The molecule has 0 aliphatic carbocycles. The molecule has 8 heteroatoms. The molecule has 0 unspecified atom stereocenters. The van der Waals surface area contributed by atoms with Crippen molar-refractivity contribution in [1.82, 2.24) is 4.90 Å². The van der Waals surface area contributed by atoms with E-state index in [9.17, 15) is 14.9 Å². The average Bonchev–Trinajstić information content (AvgIpc) is 2.90. The first kappa shape index (κ1) is 17.2. The van der Waals surface area contributed by atoms with Gasteiger partial charge in [0.05, 0.1) is 21.4 Å². The van der Waals surface area contributed by atoms with Crippen molar-refractivity contribution in [3.05, 3.63) is 55.2 Å². The summed E-state index contributed by atoms with van der Waals surface area (Å²) in [5, 5.41) is 11.0. The molecule has 1 amide bonds. The average molecular weight is 354 g/mol. The minimum Gasteiger partial charge on any atom is -0.377 e. The van der Waals surface area contributed by atoms with Gasteiger partial charge in [0.2, 0.25) is 0 Å². The van der Waals surface area contributed by atoms with Gasteiger partial charge in [0.15, 0.2) is 0 Å². The Bertz CT molecular complexity index is 745. The van der Waals surface area contributed by atoms with E-state index >= 15 is 0 Å². The van der Waals surface area contributed by atoms with Crippen molar-refractivity contribution >= 4 is 40.2 Å². The summed E-state index contributed by atoms with van der Waals surface area (Å²) in [5.74, 6) is -0.276. The van der Waals surface area contributed by atoms with Crippen molar-refractivity contribution in [2.75, 3.05) is 26.0 Å². The van der Waals surface area contributed by atoms with Gasteiger partial charge < -0.3 is 9.80 Å². The van der Waals surface area contributed by atoms with Crippen LogP contribution in [0.3, 0.4) is 0 Å². The number of anilines is 1. The third-order valence-electron chi connectivity index (χ3n) is 3.27. The van der Waals surface area contributed by atoms with Crippen molar-refractivity contribution in [3.8, 4) is 0 Å². The molecule has 0 saturated carbocycles. The number of nitrogens with zero attached hydrogens (tertiary/aromatic N) is 3. The Balaban J connectivity index is 2.32. The molecule has 122 valence electrons. The van der Waals surface area contributed by atoms with E-state index in [0.29, 0.717) is 22.1 Å². The Labute approximate surface area is 143 Å². The van der Waals surface area contributed by atoms with Crippen molar-refractivity contribution < 1.29 is 9.72 Å². The molecule has 0 N–H and O–H groups in total. The number of carbonyl (C=O) groups is 1. The number of halogens is 1. The van der Waals surface area contributed by atoms with E-state index in [0.717, 1.165) is 4.88 Å². The lowest BCUT2D eigenvalue weighted by Gasteiger charge is -2.21. The number of rotatable bonds is 5. The monoisotopic (exact) mass is 353 g/mol. The summed E-state index contributed by atoms with van der Waals surface area (Å²) in [6.45, 7) is 0.395. The molecule has 0 fully saturated rings. The maximum atomic E-state index is 12.7. The maximum Gasteiger partial charge on any atom is 0.270 e. The normalized spacial score (nSPS) is 10.4. The highest BCUT2D eigenvalue weighted by Gasteiger charge is 2.21. The Hall–Kier alpha value is -2.12. The van der Waals surface area contributed by atoms with Gasteiger partial charge in [0.25, 0.3) is 11.6 Å². The number of non-ortho nitro benzene ring substituents is 1. The Kier molecular flexibility index (Phi) is 5.23. The highest BCUT2D eigenvalue weighted by atomic mass is 35.5. The summed E-state index contributed by atoms with van der Waals surface area (Å²) < 4.78 is 0.658. The highest BCUT2D eigenvalue weighted by molar-refractivity contribution is 7.16. The summed E-state index contributed by atoms with van der Waals surface area (Å²) in [5.41, 5.74) is 0.831. The van der Waals surface area contributed by atoms with Gasteiger partial charge in [-0.3, -0.25) is 14.9 Å². The largest absolute Gasteiger partial charge is 0.377 e. The van der Waals surface area contributed by atoms with E-state index in [-0.39, 0.29) is 11.6 Å². The third-order valence-corrected chi connectivity index (χ3v) is 4.49. The number of nitro benzene ring substituents is 1. The SMILES string of the molecule is CN(Cc1ccc(Cl)s1)C(=O)c1cc([N+](=O)[O-])ccc1N(C)C. The number of hydrogen-bond donors (Lipinski definition) is 0. The molecule has 0 saturated heterocycles. The van der Waals surface area contributed by atoms with Gasteiger partial charge in [0.1, 0.15) is 0 Å². The summed E-state index contributed by atoms with van der Waals surface area (Å²) >= 11 is 7.30. The lowest BCUT2D eigenvalue weighted by molar-refractivity contribution is -0.384. The van der Waals surface area contributed by atoms with Crippen LogP contribution >= 0.6 is 22.9 Å². The van der Waals surface area contributed by atoms with Crippen LogP contribution in [0, 0.1) is 10.1 Å². The predicted octanol–water partition coefficient (Wildman–Crippen LogP) is 3.65. The van der Waals surface area contributed by atoms with Crippen LogP contribution in [-0.4, -0.2) is 36.9 Å². The van der Waals surface area contributed by atoms with Crippen LogP contribution in [0.2, 0.25) is 4.34 Å². The fourth-order valence-electron chi connectivity index (χ4n) is 2.15. The second-order valence-corrected chi connectivity index (χ2v) is 7.02. The number of carbonyl (C=O) groups excluding carboxylic acids is 1. The number of hydrogen-bond acceptors (Lipinski definition) is 5. The van der Waals surface area contributed by atoms with Gasteiger partial charge in [0, 0.05) is 43.8 Å². The second kappa shape index (κ2) is 6.97. The minimum atomic E-state index is -0.505. The van der Waals surface area contributed by atoms with Crippen molar-refractivity contribution in [2.45, 2.75) is 6.54 Å². The molecule has 0 aliphatic heterocycles. The molecule has 23 heavy (non-hydrogen) atoms. The van der Waals surface area contributed by atoms with Gasteiger partial charge in [-0.15, -0.1) is 11.3 Å². The summed E-state index contributed by atoms with van der Waals surface area (Å²) in [4.78, 5) is 27.4.